The van der Waals surface area contributed by atoms with Crippen LogP contribution in [0.5, 0.6) is 0 Å². The molecule has 0 radical (unpaired) electrons. The van der Waals surface area contributed by atoms with Crippen LogP contribution >= 0.6 is 116 Å². The fourth-order valence-electron chi connectivity index (χ4n) is 16.8. The van der Waals surface area contributed by atoms with Crippen molar-refractivity contribution in [2.45, 2.75) is 83.3 Å². The zero-order valence-electron chi connectivity index (χ0n) is 67.8. The van der Waals surface area contributed by atoms with E-state index in [1.165, 1.54) is 23.1 Å². The predicted octanol–water partition coefficient (Wildman–Crippen LogP) is 20.1. The molecule has 0 saturated carbocycles. The first kappa shape index (κ1) is 92.1. The number of para-hydroxylation sites is 3. The van der Waals surface area contributed by atoms with Crippen LogP contribution in [0.25, 0.3) is 109 Å². The van der Waals surface area contributed by atoms with Gasteiger partial charge in [0, 0.05) is 108 Å². The van der Waals surface area contributed by atoms with Crippen molar-refractivity contribution in [3.8, 4) is 0 Å². The molecule has 8 heterocycles. The third-order valence-electron chi connectivity index (χ3n) is 22.8. The summed E-state index contributed by atoms with van der Waals surface area (Å²) in [4.78, 5) is 124. The van der Waals surface area contributed by atoms with E-state index in [9.17, 15) is 68.4 Å². The number of amides is 1. The van der Waals surface area contributed by atoms with Gasteiger partial charge in [0.1, 0.15) is 32.2 Å². The first-order valence-electron chi connectivity index (χ1n) is 40.3. The largest absolute Gasteiger partial charge is 0.480 e. The van der Waals surface area contributed by atoms with Crippen molar-refractivity contribution < 1.29 is 49.1 Å². The summed E-state index contributed by atoms with van der Waals surface area (Å²) in [5.41, 5.74) is 13.7. The number of carboxylic acids is 4. The molecule has 3 aliphatic heterocycles. The molecule has 16 aromatic rings. The van der Waals surface area contributed by atoms with Crippen molar-refractivity contribution in [1.29, 1.82) is 0 Å². The van der Waals surface area contributed by atoms with Crippen molar-refractivity contribution in [2.75, 3.05) is 48.4 Å². The van der Waals surface area contributed by atoms with Crippen LogP contribution in [-0.2, 0) is 61.3 Å². The van der Waals surface area contributed by atoms with Gasteiger partial charge in [-0.3, -0.25) is 43.2 Å². The van der Waals surface area contributed by atoms with E-state index in [1.807, 2.05) is 42.5 Å². The van der Waals surface area contributed by atoms with Gasteiger partial charge >= 0.3 is 23.9 Å². The van der Waals surface area contributed by atoms with E-state index in [-0.39, 0.29) is 105 Å². The van der Waals surface area contributed by atoms with E-state index in [1.54, 1.807) is 146 Å². The lowest BCUT2D eigenvalue weighted by molar-refractivity contribution is -0.140. The van der Waals surface area contributed by atoms with Gasteiger partial charge in [-0.2, -0.15) is 0 Å². The van der Waals surface area contributed by atoms with Crippen molar-refractivity contribution in [3.05, 3.63) is 295 Å². The molecular formula is C94H74Cl10N10O15. The van der Waals surface area contributed by atoms with Crippen molar-refractivity contribution in [3.63, 3.8) is 0 Å². The molecule has 0 spiro atoms. The highest BCUT2D eigenvalue weighted by atomic mass is 35.5. The number of hydrogen-bond acceptors (Lipinski definition) is 15. The molecule has 5 aromatic heterocycles. The standard InChI is InChI=1S/C23H16Cl2N2O3.C20H19Cl2N3O3.C20H18Cl2N2O4.C16H11Cl2NO3.C15H10Cl2N2O2/c24-17-8-7-16-22(21(17)25)27(12-20(28)29)19-11-14(5-6-15(19)23(16)30)26-10-9-13-3-1-2-4-18(13)26;21-15-4-3-14-19(18(15)22)25(10-17(26)27)16-9-12(1-2-13(16)20(14)28)24-11-5-7-23-8-6-11;21-15-4-3-14-19(18(15)22)24(10-17(25)26)16-9-12(1-2-13(16)20(14)27)23-11-5-7-28-8-6-11;1-8(16(21)22)19-12-5-3-2-4-9(12)15(20)10-6-7-11(17)13(18)14(10)19;16-10-6-5-9-14(13(10)17)19(7-12(18)20)11-4-2-1-3-8(11)15(9)21/h1-8,11H,9-10,12H2,(H,28,29);1-4,9,11,23-24H,5-8,10H2,(H,26,27);1-4,9,11,23H,5-8,10H2,(H,25,26);2-8H,1H3,(H,21,22);1-6H,7H2,(H2,18,20). The van der Waals surface area contributed by atoms with Crippen LogP contribution in [0, 0.1) is 0 Å². The van der Waals surface area contributed by atoms with Gasteiger partial charge in [0.25, 0.3) is 0 Å². The van der Waals surface area contributed by atoms with Crippen molar-refractivity contribution >= 4 is 278 Å². The van der Waals surface area contributed by atoms with Gasteiger partial charge in [-0.1, -0.05) is 158 Å². The minimum Gasteiger partial charge on any atom is -0.480 e. The van der Waals surface area contributed by atoms with Crippen LogP contribution in [0.15, 0.2) is 212 Å². The number of piperidine rings is 1. The van der Waals surface area contributed by atoms with Gasteiger partial charge in [0.05, 0.1) is 105 Å². The fraction of sp³-hybridized carbons (Fsp3) is 0.191. The predicted molar refractivity (Wildman–Crippen MR) is 517 cm³/mol. The van der Waals surface area contributed by atoms with Crippen LogP contribution in [0.2, 0.25) is 50.2 Å². The Labute approximate surface area is 781 Å². The van der Waals surface area contributed by atoms with Gasteiger partial charge in [-0.25, -0.2) is 4.79 Å². The summed E-state index contributed by atoms with van der Waals surface area (Å²) < 4.78 is 13.2. The number of carbonyl (C=O) groups excluding carboxylic acids is 1. The number of nitrogens with two attached hydrogens (primary N) is 1. The molecular weight excluding hydrogens is 1860 g/mol. The molecule has 1 atom stereocenters. The number of pyridine rings is 5. The molecule has 0 bridgehead atoms. The Kier molecular flexibility index (Phi) is 27.8. The number of aromatic nitrogens is 5. The fourth-order valence-corrected chi connectivity index (χ4v) is 18.9. The third kappa shape index (κ3) is 18.6. The maximum absolute atomic E-state index is 13.1. The first-order chi connectivity index (χ1) is 61.8. The molecule has 2 fully saturated rings. The number of hydrogen-bond donors (Lipinski definition) is 8. The number of benzene rings is 11. The highest BCUT2D eigenvalue weighted by Gasteiger charge is 2.28. The number of anilines is 4. The normalized spacial score (nSPS) is 13.7. The molecule has 0 aliphatic carbocycles. The molecule has 9 N–H and O–H groups in total. The van der Waals surface area contributed by atoms with Crippen LogP contribution in [0.4, 0.5) is 22.7 Å². The van der Waals surface area contributed by atoms with Gasteiger partial charge in [0.2, 0.25) is 5.91 Å². The average Bonchev–Trinajstić information content (AvgIpc) is 1.05. The number of carbonyl (C=O) groups is 5. The van der Waals surface area contributed by atoms with E-state index >= 15 is 0 Å². The lowest BCUT2D eigenvalue weighted by atomic mass is 10.1. The van der Waals surface area contributed by atoms with Crippen molar-refractivity contribution in [2.24, 2.45) is 5.73 Å². The van der Waals surface area contributed by atoms with Crippen molar-refractivity contribution in [1.82, 2.24) is 28.2 Å². The zero-order chi connectivity index (χ0) is 91.8. The number of ether oxygens (including phenoxy) is 1. The number of aliphatic carboxylic acids is 4. The maximum Gasteiger partial charge on any atom is 0.326 e. The minimum absolute atomic E-state index is 0.0860. The van der Waals surface area contributed by atoms with Crippen LogP contribution in [0.3, 0.4) is 0 Å². The van der Waals surface area contributed by atoms with Gasteiger partial charge in [-0.15, -0.1) is 0 Å². The molecule has 660 valence electrons. The Balaban J connectivity index is 0.000000125. The van der Waals surface area contributed by atoms with E-state index in [4.69, 9.17) is 126 Å². The molecule has 11 aromatic carbocycles. The summed E-state index contributed by atoms with van der Waals surface area (Å²) >= 11 is 62.2. The molecule has 2 saturated heterocycles. The summed E-state index contributed by atoms with van der Waals surface area (Å²) in [7, 11) is 0. The second-order valence-electron chi connectivity index (χ2n) is 30.7. The van der Waals surface area contributed by atoms with Gasteiger partial charge in [0.15, 0.2) is 27.1 Å². The molecule has 1 unspecified atom stereocenters. The van der Waals surface area contributed by atoms with E-state index in [0.717, 1.165) is 74.5 Å². The van der Waals surface area contributed by atoms with E-state index < -0.39 is 35.8 Å². The Hall–Kier alpha value is -11.7. The number of rotatable bonds is 15. The maximum atomic E-state index is 13.1. The lowest BCUT2D eigenvalue weighted by Gasteiger charge is -2.25. The summed E-state index contributed by atoms with van der Waals surface area (Å²) in [5, 5.41) is 54.5. The molecule has 35 heteroatoms. The average molecular weight is 1940 g/mol. The highest BCUT2D eigenvalue weighted by Crippen LogP contribution is 2.41. The number of fused-ring (bicyclic) bond motifs is 11. The number of nitrogens with zero attached hydrogens (tertiary/aromatic N) is 6. The van der Waals surface area contributed by atoms with Crippen LogP contribution in [0.1, 0.15) is 44.2 Å². The Morgan fingerprint density at radius 1 is 0.403 bits per heavy atom. The van der Waals surface area contributed by atoms with Gasteiger partial charge < -0.3 is 74.6 Å². The summed E-state index contributed by atoms with van der Waals surface area (Å²) in [6.45, 7) is 4.57. The van der Waals surface area contributed by atoms with Crippen LogP contribution in [-0.4, -0.2) is 118 Å². The van der Waals surface area contributed by atoms with Gasteiger partial charge in [-0.05, 0) is 203 Å². The number of nitrogens with one attached hydrogen (secondary N) is 3. The molecule has 25 nitrogen and oxygen atoms in total. The summed E-state index contributed by atoms with van der Waals surface area (Å²) in [6.07, 6.45) is 4.70. The summed E-state index contributed by atoms with van der Waals surface area (Å²) in [5.74, 6) is -4.65. The Bertz CT molecular complexity index is 7500. The molecule has 19 rings (SSSR count). The zero-order valence-corrected chi connectivity index (χ0v) is 75.4. The quantitative estimate of drug-likeness (QED) is 0.0442. The second kappa shape index (κ2) is 38.9. The smallest absolute Gasteiger partial charge is 0.326 e. The SMILES string of the molecule is CC(C(=O)O)n1c2ccccc2c(=O)c2ccc(Cl)c(Cl)c21.NC(=O)Cn1c2ccccc2c(=O)c2ccc(Cl)c(Cl)c21.O=C(O)Cn1c2cc(N3CCc4ccccc43)ccc2c(=O)c2ccc(Cl)c(Cl)c21.O=C(O)Cn1c2cc(NC3CCNCC3)ccc2c(=O)c2ccc(Cl)c(Cl)c21.O=C(O)Cn1c2cc(NC3CCOCC3)ccc2c(=O)c2ccc(Cl)c(Cl)c21. The first-order valence-corrected chi connectivity index (χ1v) is 44.0. The second-order valence-corrected chi connectivity index (χ2v) is 34.7. The number of carboxylic acid groups (broad SMARTS) is 4. The third-order valence-corrected chi connectivity index (χ3v) is 26.7. The van der Waals surface area contributed by atoms with E-state index in [0.29, 0.717) is 133 Å². The summed E-state index contributed by atoms with van der Waals surface area (Å²) in [6, 6.07) is 53.7. The van der Waals surface area contributed by atoms with E-state index in [2.05, 4.69) is 33.0 Å². The Morgan fingerprint density at radius 3 is 1.16 bits per heavy atom. The Morgan fingerprint density at radius 2 is 0.744 bits per heavy atom. The minimum atomic E-state index is -1.04. The number of primary amides is 1. The number of halogens is 10. The molecule has 3 aliphatic rings. The molecule has 129 heavy (non-hydrogen) atoms. The molecule has 1 amide bonds. The lowest BCUT2D eigenvalue weighted by Crippen LogP contribution is -2.35. The highest BCUT2D eigenvalue weighted by molar-refractivity contribution is 6.48. The topological polar surface area (TPSA) is 351 Å². The monoisotopic (exact) mass is 1930 g/mol. The van der Waals surface area contributed by atoms with Crippen LogP contribution < -0.4 is 53.7 Å².